The van der Waals surface area contributed by atoms with Crippen LogP contribution in [-0.4, -0.2) is 60.9 Å². The minimum Gasteiger partial charge on any atom is -0.383 e. The molecule has 4 rings (SSSR count). The average molecular weight is 462 g/mol. The van der Waals surface area contributed by atoms with Crippen LogP contribution in [0.3, 0.4) is 0 Å². The SMILES string of the molecule is Cl.NCCOCCOCCNc1ccc2c(c1)c1cccnc1n2C1CCC(=O)NC1=O. The van der Waals surface area contributed by atoms with Crippen molar-refractivity contribution in [2.24, 2.45) is 5.73 Å². The number of imide groups is 1. The molecule has 0 spiro atoms. The van der Waals surface area contributed by atoms with Crippen LogP contribution in [0.15, 0.2) is 36.5 Å². The normalized spacial score (nSPS) is 16.2. The Morgan fingerprint density at radius 1 is 1.12 bits per heavy atom. The Hall–Kier alpha value is -2.72. The molecule has 172 valence electrons. The average Bonchev–Trinajstić information content (AvgIpc) is 3.09. The second-order valence-electron chi connectivity index (χ2n) is 7.38. The first-order valence-corrected chi connectivity index (χ1v) is 10.5. The highest BCUT2D eigenvalue weighted by atomic mass is 35.5. The molecule has 1 atom stereocenters. The van der Waals surface area contributed by atoms with Gasteiger partial charge in [-0.2, -0.15) is 0 Å². The summed E-state index contributed by atoms with van der Waals surface area (Å²) in [6, 6.07) is 9.46. The lowest BCUT2D eigenvalue weighted by atomic mass is 10.1. The Morgan fingerprint density at radius 3 is 2.72 bits per heavy atom. The number of carbonyl (C=O) groups is 2. The van der Waals surface area contributed by atoms with E-state index in [-0.39, 0.29) is 24.2 Å². The Balaban J connectivity index is 0.00000289. The quantitative estimate of drug-likeness (QED) is 0.312. The first-order chi connectivity index (χ1) is 15.2. The lowest BCUT2D eigenvalue weighted by Gasteiger charge is -2.23. The zero-order chi connectivity index (χ0) is 21.6. The van der Waals surface area contributed by atoms with Gasteiger partial charge in [0.1, 0.15) is 11.7 Å². The maximum Gasteiger partial charge on any atom is 0.249 e. The molecule has 1 aromatic carbocycles. The van der Waals surface area contributed by atoms with Gasteiger partial charge >= 0.3 is 0 Å². The number of amides is 2. The van der Waals surface area contributed by atoms with E-state index in [4.69, 9.17) is 15.2 Å². The Morgan fingerprint density at radius 2 is 1.94 bits per heavy atom. The van der Waals surface area contributed by atoms with Crippen LogP contribution in [-0.2, 0) is 19.1 Å². The Kier molecular flexibility index (Phi) is 8.40. The summed E-state index contributed by atoms with van der Waals surface area (Å²) in [6.07, 6.45) is 2.51. The molecular weight excluding hydrogens is 434 g/mol. The van der Waals surface area contributed by atoms with Crippen LogP contribution in [0, 0.1) is 0 Å². The van der Waals surface area contributed by atoms with E-state index in [1.54, 1.807) is 6.20 Å². The molecule has 10 heteroatoms. The van der Waals surface area contributed by atoms with E-state index in [0.717, 1.165) is 27.6 Å². The van der Waals surface area contributed by atoms with Crippen molar-refractivity contribution in [2.45, 2.75) is 18.9 Å². The summed E-state index contributed by atoms with van der Waals surface area (Å²) < 4.78 is 12.8. The first-order valence-electron chi connectivity index (χ1n) is 10.5. The topological polar surface area (TPSA) is 120 Å². The molecular formula is C22H28ClN5O4. The molecule has 1 saturated heterocycles. The Bertz CT molecular complexity index is 1090. The summed E-state index contributed by atoms with van der Waals surface area (Å²) >= 11 is 0. The van der Waals surface area contributed by atoms with E-state index in [9.17, 15) is 9.59 Å². The number of benzene rings is 1. The number of halogens is 1. The van der Waals surface area contributed by atoms with Crippen molar-refractivity contribution in [3.63, 3.8) is 0 Å². The molecule has 0 radical (unpaired) electrons. The van der Waals surface area contributed by atoms with Gasteiger partial charge in [-0.15, -0.1) is 12.4 Å². The van der Waals surface area contributed by atoms with Crippen molar-refractivity contribution in [3.8, 4) is 0 Å². The standard InChI is InChI=1S/C22H27N5O4.ClH/c23-7-10-30-12-13-31-11-9-24-15-3-4-18-17(14-15)16-2-1-8-25-21(16)27(18)19-5-6-20(28)26-22(19)29;/h1-4,8,14,19,24H,5-7,9-13,23H2,(H,26,28,29);1H. The maximum atomic E-state index is 12.5. The lowest BCUT2D eigenvalue weighted by Crippen LogP contribution is -2.41. The van der Waals surface area contributed by atoms with Gasteiger partial charge in [-0.05, 0) is 36.8 Å². The van der Waals surface area contributed by atoms with Crippen molar-refractivity contribution in [3.05, 3.63) is 36.5 Å². The zero-order valence-electron chi connectivity index (χ0n) is 17.7. The number of nitrogens with one attached hydrogen (secondary N) is 2. The highest BCUT2D eigenvalue weighted by molar-refractivity contribution is 6.09. The van der Waals surface area contributed by atoms with Crippen LogP contribution in [0.1, 0.15) is 18.9 Å². The third kappa shape index (κ3) is 5.18. The van der Waals surface area contributed by atoms with E-state index in [1.807, 2.05) is 28.8 Å². The van der Waals surface area contributed by atoms with Crippen LogP contribution in [0.4, 0.5) is 5.69 Å². The molecule has 1 aliphatic heterocycles. The predicted molar refractivity (Wildman–Crippen MR) is 125 cm³/mol. The fraction of sp³-hybridized carbons (Fsp3) is 0.409. The van der Waals surface area contributed by atoms with Crippen molar-refractivity contribution in [1.29, 1.82) is 0 Å². The number of nitrogens with zero attached hydrogens (tertiary/aromatic N) is 2. The number of rotatable bonds is 10. The molecule has 3 heterocycles. The van der Waals surface area contributed by atoms with Gasteiger partial charge in [-0.3, -0.25) is 14.9 Å². The van der Waals surface area contributed by atoms with Crippen molar-refractivity contribution in [2.75, 3.05) is 44.8 Å². The van der Waals surface area contributed by atoms with Crippen LogP contribution in [0.5, 0.6) is 0 Å². The van der Waals surface area contributed by atoms with Crippen LogP contribution >= 0.6 is 12.4 Å². The molecule has 2 aromatic heterocycles. The fourth-order valence-corrected chi connectivity index (χ4v) is 3.90. The van der Waals surface area contributed by atoms with Gasteiger partial charge in [-0.1, -0.05) is 0 Å². The largest absolute Gasteiger partial charge is 0.383 e. The Labute approximate surface area is 192 Å². The van der Waals surface area contributed by atoms with Crippen molar-refractivity contribution < 1.29 is 19.1 Å². The molecule has 1 aliphatic rings. The predicted octanol–water partition coefficient (Wildman–Crippen LogP) is 1.99. The van der Waals surface area contributed by atoms with Gasteiger partial charge in [-0.25, -0.2) is 4.98 Å². The number of aromatic nitrogens is 2. The summed E-state index contributed by atoms with van der Waals surface area (Å²) in [4.78, 5) is 28.6. The molecule has 1 unspecified atom stereocenters. The van der Waals surface area contributed by atoms with E-state index < -0.39 is 6.04 Å². The number of hydrogen-bond donors (Lipinski definition) is 3. The van der Waals surface area contributed by atoms with E-state index >= 15 is 0 Å². The number of carbonyl (C=O) groups excluding carboxylic acids is 2. The molecule has 1 fully saturated rings. The van der Waals surface area contributed by atoms with Crippen molar-refractivity contribution >= 4 is 51.8 Å². The first kappa shape index (κ1) is 23.9. The number of piperidine rings is 1. The van der Waals surface area contributed by atoms with Crippen LogP contribution in [0.2, 0.25) is 0 Å². The smallest absolute Gasteiger partial charge is 0.249 e. The summed E-state index contributed by atoms with van der Waals surface area (Å²) in [5.74, 6) is -0.509. The number of hydrogen-bond acceptors (Lipinski definition) is 7. The molecule has 32 heavy (non-hydrogen) atoms. The van der Waals surface area contributed by atoms with Gasteiger partial charge in [0.2, 0.25) is 11.8 Å². The van der Waals surface area contributed by atoms with E-state index in [0.29, 0.717) is 52.4 Å². The molecule has 3 aromatic rings. The van der Waals surface area contributed by atoms with Gasteiger partial charge in [0, 0.05) is 42.2 Å². The number of anilines is 1. The second kappa shape index (κ2) is 11.2. The van der Waals surface area contributed by atoms with E-state index in [1.165, 1.54) is 0 Å². The van der Waals surface area contributed by atoms with E-state index in [2.05, 4.69) is 21.7 Å². The molecule has 2 amide bonds. The van der Waals surface area contributed by atoms with Crippen molar-refractivity contribution in [1.82, 2.24) is 14.9 Å². The highest BCUT2D eigenvalue weighted by Gasteiger charge is 2.30. The van der Waals surface area contributed by atoms with Gasteiger partial charge in [0.25, 0.3) is 0 Å². The van der Waals surface area contributed by atoms with Gasteiger partial charge < -0.3 is 25.1 Å². The summed E-state index contributed by atoms with van der Waals surface area (Å²) in [5.41, 5.74) is 7.99. The minimum absolute atomic E-state index is 0. The monoisotopic (exact) mass is 461 g/mol. The number of ether oxygens (including phenoxy) is 2. The number of pyridine rings is 1. The molecule has 0 aliphatic carbocycles. The lowest BCUT2D eigenvalue weighted by molar-refractivity contribution is -0.135. The van der Waals surface area contributed by atoms with Gasteiger partial charge in [0.15, 0.2) is 0 Å². The van der Waals surface area contributed by atoms with Crippen LogP contribution in [0.25, 0.3) is 21.9 Å². The summed E-state index contributed by atoms with van der Waals surface area (Å²) in [7, 11) is 0. The third-order valence-electron chi connectivity index (χ3n) is 5.29. The third-order valence-corrected chi connectivity index (χ3v) is 5.29. The molecule has 0 saturated carbocycles. The molecule has 4 N–H and O–H groups in total. The minimum atomic E-state index is -0.457. The zero-order valence-corrected chi connectivity index (χ0v) is 18.5. The number of nitrogens with two attached hydrogens (primary N) is 1. The highest BCUT2D eigenvalue weighted by Crippen LogP contribution is 2.34. The maximum absolute atomic E-state index is 12.5. The fourth-order valence-electron chi connectivity index (χ4n) is 3.90. The second-order valence-corrected chi connectivity index (χ2v) is 7.38. The number of fused-ring (bicyclic) bond motifs is 3. The summed E-state index contributed by atoms with van der Waals surface area (Å²) in [5, 5.41) is 7.79. The molecule has 9 nitrogen and oxygen atoms in total. The van der Waals surface area contributed by atoms with Gasteiger partial charge in [0.05, 0.1) is 31.9 Å². The molecule has 0 bridgehead atoms. The summed E-state index contributed by atoms with van der Waals surface area (Å²) in [6.45, 7) is 3.35. The van der Waals surface area contributed by atoms with Crippen LogP contribution < -0.4 is 16.4 Å².